The molecule has 4 rings (SSSR count). The van der Waals surface area contributed by atoms with Crippen LogP contribution in [0, 0.1) is 0 Å². The van der Waals surface area contributed by atoms with Crippen LogP contribution in [0.5, 0.6) is 11.5 Å². The smallest absolute Gasteiger partial charge is 0.328 e. The van der Waals surface area contributed by atoms with Crippen LogP contribution in [0.3, 0.4) is 0 Å². The summed E-state index contributed by atoms with van der Waals surface area (Å²) in [4.78, 5) is 32.3. The predicted octanol–water partition coefficient (Wildman–Crippen LogP) is 3.87. The molecule has 31 heavy (non-hydrogen) atoms. The first kappa shape index (κ1) is 20.2. The minimum Gasteiger partial charge on any atom is -0.467 e. The zero-order valence-corrected chi connectivity index (χ0v) is 16.9. The SMILES string of the molecule is COC(=O)[C@@H](Cc1c[nH]c2ccccc12)NC(=O)c1ccc(Oc2cccnc2)cc1. The van der Waals surface area contributed by atoms with E-state index in [1.54, 1.807) is 48.8 Å². The summed E-state index contributed by atoms with van der Waals surface area (Å²) in [6.45, 7) is 0. The first-order valence-electron chi connectivity index (χ1n) is 9.75. The minimum absolute atomic E-state index is 0.310. The van der Waals surface area contributed by atoms with E-state index in [2.05, 4.69) is 15.3 Å². The summed E-state index contributed by atoms with van der Waals surface area (Å²) in [5.74, 6) is 0.301. The van der Waals surface area contributed by atoms with Gasteiger partial charge < -0.3 is 19.8 Å². The van der Waals surface area contributed by atoms with Crippen LogP contribution in [0.25, 0.3) is 10.9 Å². The number of hydrogen-bond acceptors (Lipinski definition) is 5. The van der Waals surface area contributed by atoms with Crippen molar-refractivity contribution in [2.24, 2.45) is 0 Å². The molecule has 156 valence electrons. The number of para-hydroxylation sites is 1. The molecule has 0 spiro atoms. The summed E-state index contributed by atoms with van der Waals surface area (Å²) in [6, 6.07) is 17.2. The van der Waals surface area contributed by atoms with Crippen LogP contribution >= 0.6 is 0 Å². The van der Waals surface area contributed by atoms with E-state index in [1.165, 1.54) is 7.11 Å². The van der Waals surface area contributed by atoms with E-state index in [4.69, 9.17) is 9.47 Å². The number of carbonyl (C=O) groups is 2. The number of fused-ring (bicyclic) bond motifs is 1. The molecule has 0 aliphatic rings. The first-order valence-corrected chi connectivity index (χ1v) is 9.75. The molecule has 0 aliphatic heterocycles. The number of H-pyrrole nitrogens is 1. The molecule has 0 saturated carbocycles. The molecule has 0 radical (unpaired) electrons. The van der Waals surface area contributed by atoms with Gasteiger partial charge in [-0.3, -0.25) is 9.78 Å². The van der Waals surface area contributed by atoms with Gasteiger partial charge in [0.05, 0.1) is 13.3 Å². The van der Waals surface area contributed by atoms with Crippen molar-refractivity contribution in [2.75, 3.05) is 7.11 Å². The molecule has 2 heterocycles. The molecule has 0 aliphatic carbocycles. The lowest BCUT2D eigenvalue weighted by molar-refractivity contribution is -0.142. The molecule has 0 bridgehead atoms. The van der Waals surface area contributed by atoms with Crippen molar-refractivity contribution in [1.29, 1.82) is 0 Å². The summed E-state index contributed by atoms with van der Waals surface area (Å²) >= 11 is 0. The largest absolute Gasteiger partial charge is 0.467 e. The van der Waals surface area contributed by atoms with E-state index < -0.39 is 12.0 Å². The van der Waals surface area contributed by atoms with Crippen molar-refractivity contribution in [1.82, 2.24) is 15.3 Å². The second-order valence-electron chi connectivity index (χ2n) is 6.93. The van der Waals surface area contributed by atoms with Crippen LogP contribution in [0.15, 0.2) is 79.3 Å². The first-order chi connectivity index (χ1) is 15.1. The highest BCUT2D eigenvalue weighted by Crippen LogP contribution is 2.21. The fourth-order valence-electron chi connectivity index (χ4n) is 3.32. The van der Waals surface area contributed by atoms with Crippen LogP contribution in [0.4, 0.5) is 0 Å². The molecule has 2 N–H and O–H groups in total. The van der Waals surface area contributed by atoms with Crippen molar-refractivity contribution in [3.8, 4) is 11.5 Å². The molecule has 0 unspecified atom stereocenters. The zero-order chi connectivity index (χ0) is 21.6. The number of aromatic amines is 1. The van der Waals surface area contributed by atoms with E-state index in [0.717, 1.165) is 16.5 Å². The topological polar surface area (TPSA) is 93.3 Å². The third-order valence-corrected chi connectivity index (χ3v) is 4.88. The lowest BCUT2D eigenvalue weighted by Crippen LogP contribution is -2.43. The maximum Gasteiger partial charge on any atom is 0.328 e. The Morgan fingerprint density at radius 3 is 2.58 bits per heavy atom. The highest BCUT2D eigenvalue weighted by atomic mass is 16.5. The Hall–Kier alpha value is -4.13. The average Bonchev–Trinajstić information content (AvgIpc) is 3.22. The van der Waals surface area contributed by atoms with Gasteiger partial charge in [0.25, 0.3) is 5.91 Å². The predicted molar refractivity (Wildman–Crippen MR) is 116 cm³/mol. The maximum absolute atomic E-state index is 12.8. The van der Waals surface area contributed by atoms with Gasteiger partial charge in [0.15, 0.2) is 0 Å². The van der Waals surface area contributed by atoms with E-state index in [-0.39, 0.29) is 5.91 Å². The lowest BCUT2D eigenvalue weighted by atomic mass is 10.0. The molecule has 1 atom stereocenters. The molecule has 4 aromatic rings. The number of benzene rings is 2. The third-order valence-electron chi connectivity index (χ3n) is 4.88. The van der Waals surface area contributed by atoms with Crippen LogP contribution in [0.1, 0.15) is 15.9 Å². The number of hydrogen-bond donors (Lipinski definition) is 2. The Bertz CT molecular complexity index is 1190. The minimum atomic E-state index is -0.817. The average molecular weight is 415 g/mol. The van der Waals surface area contributed by atoms with Gasteiger partial charge in [-0.2, -0.15) is 0 Å². The van der Waals surface area contributed by atoms with E-state index in [9.17, 15) is 9.59 Å². The second kappa shape index (κ2) is 9.13. The van der Waals surface area contributed by atoms with Crippen LogP contribution in [-0.2, 0) is 16.0 Å². The van der Waals surface area contributed by atoms with Crippen molar-refractivity contribution in [2.45, 2.75) is 12.5 Å². The van der Waals surface area contributed by atoms with Crippen molar-refractivity contribution < 1.29 is 19.1 Å². The molecule has 0 saturated heterocycles. The molecule has 7 nitrogen and oxygen atoms in total. The van der Waals surface area contributed by atoms with Gasteiger partial charge >= 0.3 is 5.97 Å². The monoisotopic (exact) mass is 415 g/mol. The maximum atomic E-state index is 12.8. The summed E-state index contributed by atoms with van der Waals surface area (Å²) in [7, 11) is 1.31. The molecule has 7 heteroatoms. The number of aromatic nitrogens is 2. The highest BCUT2D eigenvalue weighted by molar-refractivity contribution is 5.97. The molecule has 2 aromatic heterocycles. The van der Waals surface area contributed by atoms with Gasteiger partial charge in [0.2, 0.25) is 0 Å². The fourth-order valence-corrected chi connectivity index (χ4v) is 3.32. The number of nitrogens with one attached hydrogen (secondary N) is 2. The van der Waals surface area contributed by atoms with Gasteiger partial charge in [-0.15, -0.1) is 0 Å². The Labute approximate surface area is 179 Å². The molecular formula is C24H21N3O4. The summed E-state index contributed by atoms with van der Waals surface area (Å²) in [6.07, 6.45) is 5.42. The number of esters is 1. The number of amides is 1. The Morgan fingerprint density at radius 1 is 1.03 bits per heavy atom. The summed E-state index contributed by atoms with van der Waals surface area (Å²) < 4.78 is 10.6. The number of pyridine rings is 1. The second-order valence-corrected chi connectivity index (χ2v) is 6.93. The zero-order valence-electron chi connectivity index (χ0n) is 16.9. The number of carbonyl (C=O) groups excluding carboxylic acids is 2. The third kappa shape index (κ3) is 4.72. The van der Waals surface area contributed by atoms with Crippen molar-refractivity contribution in [3.63, 3.8) is 0 Å². The van der Waals surface area contributed by atoms with Gasteiger partial charge in [0.1, 0.15) is 17.5 Å². The standard InChI is InChI=1S/C24H21N3O4/c1-30-24(29)22(13-17-14-26-21-7-3-2-6-20(17)21)27-23(28)16-8-10-18(11-9-16)31-19-5-4-12-25-15-19/h2-12,14-15,22,26H,13H2,1H3,(H,27,28)/t22-/m1/s1. The van der Waals surface area contributed by atoms with Gasteiger partial charge in [-0.25, -0.2) is 4.79 Å². The van der Waals surface area contributed by atoms with Gasteiger partial charge in [-0.05, 0) is 48.0 Å². The number of ether oxygens (including phenoxy) is 2. The Balaban J connectivity index is 1.46. The van der Waals surface area contributed by atoms with Gasteiger partial charge in [0, 0.05) is 35.3 Å². The number of methoxy groups -OCH3 is 1. The summed E-state index contributed by atoms with van der Waals surface area (Å²) in [5, 5.41) is 3.78. The Morgan fingerprint density at radius 2 is 1.84 bits per heavy atom. The van der Waals surface area contributed by atoms with Crippen LogP contribution in [0.2, 0.25) is 0 Å². The molecule has 2 aromatic carbocycles. The van der Waals surface area contributed by atoms with E-state index in [0.29, 0.717) is 23.5 Å². The van der Waals surface area contributed by atoms with E-state index >= 15 is 0 Å². The normalized spacial score (nSPS) is 11.6. The molecule has 1 amide bonds. The van der Waals surface area contributed by atoms with Crippen LogP contribution < -0.4 is 10.1 Å². The van der Waals surface area contributed by atoms with Crippen molar-refractivity contribution >= 4 is 22.8 Å². The quantitative estimate of drug-likeness (QED) is 0.447. The van der Waals surface area contributed by atoms with E-state index in [1.807, 2.05) is 30.5 Å². The van der Waals surface area contributed by atoms with Gasteiger partial charge in [-0.1, -0.05) is 18.2 Å². The lowest BCUT2D eigenvalue weighted by Gasteiger charge is -2.16. The molecule has 0 fully saturated rings. The fraction of sp³-hybridized carbons (Fsp3) is 0.125. The van der Waals surface area contributed by atoms with Crippen molar-refractivity contribution in [3.05, 3.63) is 90.4 Å². The molecular weight excluding hydrogens is 394 g/mol. The van der Waals surface area contributed by atoms with Crippen LogP contribution in [-0.4, -0.2) is 35.0 Å². The number of nitrogens with zero attached hydrogens (tertiary/aromatic N) is 1. The Kier molecular flexibility index (Phi) is 5.93. The summed E-state index contributed by atoms with van der Waals surface area (Å²) in [5.41, 5.74) is 2.30. The highest BCUT2D eigenvalue weighted by Gasteiger charge is 2.24. The number of rotatable bonds is 7.